The highest BCUT2D eigenvalue weighted by Crippen LogP contribution is 1.97. The Morgan fingerprint density at radius 3 is 2.80 bits per heavy atom. The Labute approximate surface area is 62.1 Å². The van der Waals surface area contributed by atoms with E-state index >= 15 is 0 Å². The Morgan fingerprint density at radius 2 is 2.30 bits per heavy atom. The molecule has 54 valence electrons. The normalized spacial score (nSPS) is 8.30. The van der Waals surface area contributed by atoms with Crippen LogP contribution in [0.25, 0.3) is 0 Å². The number of rotatable bonds is 5. The molecule has 1 nitrogen and oxygen atoms in total. The fourth-order valence-corrected chi connectivity index (χ4v) is 0.600. The van der Waals surface area contributed by atoms with E-state index in [-0.39, 0.29) is 5.78 Å². The molecule has 10 heavy (non-hydrogen) atoms. The van der Waals surface area contributed by atoms with Gasteiger partial charge in [-0.25, -0.2) is 0 Å². The molecule has 0 amide bonds. The van der Waals surface area contributed by atoms with Crippen LogP contribution in [0.15, 0.2) is 12.7 Å². The number of carbonyl (C=O) groups is 1. The van der Waals surface area contributed by atoms with Gasteiger partial charge in [-0.3, -0.25) is 4.79 Å². The van der Waals surface area contributed by atoms with Gasteiger partial charge in [-0.15, -0.1) is 18.9 Å². The van der Waals surface area contributed by atoms with Crippen LogP contribution in [0.3, 0.4) is 0 Å². The quantitative estimate of drug-likeness (QED) is 0.417. The summed E-state index contributed by atoms with van der Waals surface area (Å²) >= 11 is 0. The van der Waals surface area contributed by atoms with Gasteiger partial charge < -0.3 is 0 Å². The molecule has 0 saturated heterocycles. The van der Waals surface area contributed by atoms with Gasteiger partial charge in [0.1, 0.15) is 5.78 Å². The van der Waals surface area contributed by atoms with Gasteiger partial charge in [-0.1, -0.05) is 6.08 Å². The van der Waals surface area contributed by atoms with E-state index in [9.17, 15) is 4.79 Å². The van der Waals surface area contributed by atoms with Crippen molar-refractivity contribution < 1.29 is 4.79 Å². The van der Waals surface area contributed by atoms with Crippen LogP contribution in [0.2, 0.25) is 0 Å². The average molecular weight is 136 g/mol. The SMILES string of the molecule is C#CCCC(=O)CCC=C. The number of ketones is 1. The Balaban J connectivity index is 3.27. The summed E-state index contributed by atoms with van der Waals surface area (Å²) in [6.07, 6.45) is 9.17. The van der Waals surface area contributed by atoms with Crippen LogP contribution >= 0.6 is 0 Å². The number of hydrogen-bond acceptors (Lipinski definition) is 1. The van der Waals surface area contributed by atoms with Gasteiger partial charge in [0.25, 0.3) is 0 Å². The summed E-state index contributed by atoms with van der Waals surface area (Å²) in [5.74, 6) is 2.66. The van der Waals surface area contributed by atoms with Gasteiger partial charge in [-0.05, 0) is 6.42 Å². The van der Waals surface area contributed by atoms with Crippen molar-refractivity contribution in [1.29, 1.82) is 0 Å². The lowest BCUT2D eigenvalue weighted by Crippen LogP contribution is -1.94. The fraction of sp³-hybridized carbons (Fsp3) is 0.444. The van der Waals surface area contributed by atoms with E-state index in [1.54, 1.807) is 6.08 Å². The lowest BCUT2D eigenvalue weighted by molar-refractivity contribution is -0.118. The van der Waals surface area contributed by atoms with Crippen molar-refractivity contribution in [2.75, 3.05) is 0 Å². The van der Waals surface area contributed by atoms with Gasteiger partial charge in [0.05, 0.1) is 0 Å². The van der Waals surface area contributed by atoms with E-state index < -0.39 is 0 Å². The molecule has 0 spiro atoms. The molecule has 1 heteroatoms. The Kier molecular flexibility index (Phi) is 5.47. The molecule has 0 aromatic rings. The zero-order valence-corrected chi connectivity index (χ0v) is 6.10. The average Bonchev–Trinajstić information content (AvgIpc) is 1.97. The number of hydrogen-bond donors (Lipinski definition) is 0. The lowest BCUT2D eigenvalue weighted by atomic mass is 10.1. The first-order valence-corrected chi connectivity index (χ1v) is 3.37. The molecule has 0 aliphatic rings. The van der Waals surface area contributed by atoms with Crippen LogP contribution in [-0.4, -0.2) is 5.78 Å². The van der Waals surface area contributed by atoms with Gasteiger partial charge in [0.15, 0.2) is 0 Å². The van der Waals surface area contributed by atoms with E-state index in [1.807, 2.05) is 0 Å². The Hall–Kier alpha value is -1.03. The minimum atomic E-state index is 0.234. The molecule has 0 unspecified atom stereocenters. The molecule has 0 rings (SSSR count). The minimum Gasteiger partial charge on any atom is -0.300 e. The summed E-state index contributed by atoms with van der Waals surface area (Å²) in [5.41, 5.74) is 0. The first kappa shape index (κ1) is 8.97. The summed E-state index contributed by atoms with van der Waals surface area (Å²) < 4.78 is 0. The zero-order valence-electron chi connectivity index (χ0n) is 6.10. The van der Waals surface area contributed by atoms with Crippen LogP contribution in [0, 0.1) is 12.3 Å². The zero-order chi connectivity index (χ0) is 7.82. The first-order chi connectivity index (χ1) is 4.81. The summed E-state index contributed by atoms with van der Waals surface area (Å²) in [7, 11) is 0. The van der Waals surface area contributed by atoms with Crippen molar-refractivity contribution >= 4 is 5.78 Å². The Morgan fingerprint density at radius 1 is 1.60 bits per heavy atom. The molecule has 0 bridgehead atoms. The molecule has 0 heterocycles. The molecular weight excluding hydrogens is 124 g/mol. The van der Waals surface area contributed by atoms with E-state index in [4.69, 9.17) is 6.42 Å². The third kappa shape index (κ3) is 5.11. The van der Waals surface area contributed by atoms with Crippen molar-refractivity contribution in [2.45, 2.75) is 25.7 Å². The highest BCUT2D eigenvalue weighted by atomic mass is 16.1. The van der Waals surface area contributed by atoms with Crippen LogP contribution in [0.4, 0.5) is 0 Å². The fourth-order valence-electron chi connectivity index (χ4n) is 0.600. The molecule has 0 aromatic heterocycles. The molecule has 0 radical (unpaired) electrons. The van der Waals surface area contributed by atoms with Gasteiger partial charge in [0.2, 0.25) is 0 Å². The number of allylic oxidation sites excluding steroid dienone is 1. The number of Topliss-reactive ketones (excluding diaryl/α,β-unsaturated/α-hetero) is 1. The molecule has 0 atom stereocenters. The summed E-state index contributed by atoms with van der Waals surface area (Å²) in [5, 5.41) is 0. The predicted molar refractivity (Wildman–Crippen MR) is 42.5 cm³/mol. The summed E-state index contributed by atoms with van der Waals surface area (Å²) in [6.45, 7) is 3.52. The monoisotopic (exact) mass is 136 g/mol. The molecule has 0 aromatic carbocycles. The lowest BCUT2D eigenvalue weighted by Gasteiger charge is -1.92. The second kappa shape index (κ2) is 6.10. The van der Waals surface area contributed by atoms with Gasteiger partial charge >= 0.3 is 0 Å². The van der Waals surface area contributed by atoms with Gasteiger partial charge in [0, 0.05) is 19.3 Å². The standard InChI is InChI=1S/C9H12O/c1-3-5-7-9(10)8-6-4-2/h1,4H,2,5-8H2. The number of terminal acetylenes is 1. The summed E-state index contributed by atoms with van der Waals surface area (Å²) in [6, 6.07) is 0. The highest BCUT2D eigenvalue weighted by molar-refractivity contribution is 5.78. The highest BCUT2D eigenvalue weighted by Gasteiger charge is 1.96. The predicted octanol–water partition coefficient (Wildman–Crippen LogP) is 1.94. The molecule has 0 aliphatic carbocycles. The third-order valence-electron chi connectivity index (χ3n) is 1.18. The maximum atomic E-state index is 10.8. The molecular formula is C9H12O. The van der Waals surface area contributed by atoms with Crippen molar-refractivity contribution in [2.24, 2.45) is 0 Å². The van der Waals surface area contributed by atoms with Crippen molar-refractivity contribution in [3.8, 4) is 12.3 Å². The molecule has 0 aliphatic heterocycles. The minimum absolute atomic E-state index is 0.234. The second-order valence-corrected chi connectivity index (χ2v) is 2.07. The smallest absolute Gasteiger partial charge is 0.134 e. The van der Waals surface area contributed by atoms with Crippen molar-refractivity contribution in [3.05, 3.63) is 12.7 Å². The van der Waals surface area contributed by atoms with Crippen LogP contribution in [0.1, 0.15) is 25.7 Å². The second-order valence-electron chi connectivity index (χ2n) is 2.07. The van der Waals surface area contributed by atoms with Crippen LogP contribution in [0.5, 0.6) is 0 Å². The summed E-state index contributed by atoms with van der Waals surface area (Å²) in [4.78, 5) is 10.8. The molecule has 0 saturated carbocycles. The van der Waals surface area contributed by atoms with Crippen molar-refractivity contribution in [3.63, 3.8) is 0 Å². The van der Waals surface area contributed by atoms with Crippen LogP contribution in [-0.2, 0) is 4.79 Å². The molecule has 0 N–H and O–H groups in total. The van der Waals surface area contributed by atoms with E-state index in [1.165, 1.54) is 0 Å². The maximum Gasteiger partial charge on any atom is 0.134 e. The molecule has 0 fully saturated rings. The number of carbonyl (C=O) groups excluding carboxylic acids is 1. The first-order valence-electron chi connectivity index (χ1n) is 3.37. The van der Waals surface area contributed by atoms with Crippen LogP contribution < -0.4 is 0 Å². The van der Waals surface area contributed by atoms with Gasteiger partial charge in [-0.2, -0.15) is 0 Å². The largest absolute Gasteiger partial charge is 0.300 e. The van der Waals surface area contributed by atoms with Crippen molar-refractivity contribution in [1.82, 2.24) is 0 Å². The maximum absolute atomic E-state index is 10.8. The Bertz CT molecular complexity index is 151. The topological polar surface area (TPSA) is 17.1 Å². The van der Waals surface area contributed by atoms with E-state index in [0.29, 0.717) is 19.3 Å². The third-order valence-corrected chi connectivity index (χ3v) is 1.18. The van der Waals surface area contributed by atoms with E-state index in [2.05, 4.69) is 12.5 Å². The van der Waals surface area contributed by atoms with E-state index in [0.717, 1.165) is 6.42 Å².